The monoisotopic (exact) mass is 116 g/mol. The minimum Gasteiger partial charge on any atom is -0.192 e. The van der Waals surface area contributed by atoms with Crippen LogP contribution in [0.3, 0.4) is 0 Å². The molecule has 0 N–H and O–H groups in total. The molecule has 1 aromatic rings. The van der Waals surface area contributed by atoms with Crippen molar-refractivity contribution < 1.29 is 0 Å². The SMILES string of the molecule is N#Cc1cccs1.[Li]. The zero-order valence-corrected chi connectivity index (χ0v) is 5.40. The Morgan fingerprint density at radius 2 is 2.38 bits per heavy atom. The van der Waals surface area contributed by atoms with Gasteiger partial charge in [-0.25, -0.2) is 0 Å². The molecular formula is C5H3LiNS. The number of hydrogen-bond acceptors (Lipinski definition) is 2. The number of nitrogens with zero attached hydrogens (tertiary/aromatic N) is 1. The molecule has 0 saturated heterocycles. The molecule has 35 valence electrons. The molecule has 8 heavy (non-hydrogen) atoms. The van der Waals surface area contributed by atoms with Gasteiger partial charge in [0.05, 0.1) is 0 Å². The van der Waals surface area contributed by atoms with E-state index in [-0.39, 0.29) is 18.9 Å². The molecule has 0 atom stereocenters. The molecule has 1 rings (SSSR count). The maximum Gasteiger partial charge on any atom is 0.110 e. The molecule has 0 spiro atoms. The topological polar surface area (TPSA) is 23.8 Å². The van der Waals surface area contributed by atoms with Gasteiger partial charge in [-0.05, 0) is 11.4 Å². The average molecular weight is 116 g/mol. The fraction of sp³-hybridized carbons (Fsp3) is 0. The van der Waals surface area contributed by atoms with Crippen LogP contribution in [0.2, 0.25) is 0 Å². The van der Waals surface area contributed by atoms with Gasteiger partial charge in [-0.3, -0.25) is 0 Å². The summed E-state index contributed by atoms with van der Waals surface area (Å²) in [5.74, 6) is 0. The Kier molecular flexibility index (Phi) is 3.65. The molecule has 0 aliphatic heterocycles. The number of hydrogen-bond donors (Lipinski definition) is 0. The van der Waals surface area contributed by atoms with Crippen molar-refractivity contribution in [1.82, 2.24) is 0 Å². The third-order valence-electron chi connectivity index (χ3n) is 0.631. The first kappa shape index (κ1) is 7.79. The summed E-state index contributed by atoms with van der Waals surface area (Å²) in [6.45, 7) is 0. The molecule has 1 aromatic heterocycles. The standard InChI is InChI=1S/C5H3NS.Li/c6-4-5-2-1-3-7-5;/h1-3H;. The van der Waals surface area contributed by atoms with Crippen LogP contribution in [0.4, 0.5) is 0 Å². The van der Waals surface area contributed by atoms with Gasteiger partial charge in [0.15, 0.2) is 0 Å². The Morgan fingerprint density at radius 3 is 2.62 bits per heavy atom. The van der Waals surface area contributed by atoms with Crippen LogP contribution in [0.15, 0.2) is 17.5 Å². The van der Waals surface area contributed by atoms with Gasteiger partial charge >= 0.3 is 0 Å². The van der Waals surface area contributed by atoms with Crippen LogP contribution in [0, 0.1) is 11.3 Å². The van der Waals surface area contributed by atoms with E-state index in [2.05, 4.69) is 0 Å². The largest absolute Gasteiger partial charge is 0.192 e. The predicted molar refractivity (Wildman–Crippen MR) is 34.8 cm³/mol. The summed E-state index contributed by atoms with van der Waals surface area (Å²) in [6, 6.07) is 5.69. The molecule has 3 heteroatoms. The van der Waals surface area contributed by atoms with Gasteiger partial charge in [0.2, 0.25) is 0 Å². The van der Waals surface area contributed by atoms with E-state index in [0.29, 0.717) is 0 Å². The van der Waals surface area contributed by atoms with E-state index in [1.807, 2.05) is 17.5 Å². The first-order chi connectivity index (χ1) is 3.43. The maximum atomic E-state index is 8.19. The van der Waals surface area contributed by atoms with Crippen molar-refractivity contribution in [3.8, 4) is 6.07 Å². The third kappa shape index (κ3) is 1.72. The van der Waals surface area contributed by atoms with Gasteiger partial charge in [0, 0.05) is 18.9 Å². The zero-order chi connectivity index (χ0) is 5.11. The van der Waals surface area contributed by atoms with E-state index in [1.54, 1.807) is 6.07 Å². The molecular weight excluding hydrogens is 113 g/mol. The summed E-state index contributed by atoms with van der Waals surface area (Å²) in [5.41, 5.74) is 0. The van der Waals surface area contributed by atoms with E-state index >= 15 is 0 Å². The van der Waals surface area contributed by atoms with Crippen LogP contribution in [0.25, 0.3) is 0 Å². The smallest absolute Gasteiger partial charge is 0.110 e. The predicted octanol–water partition coefficient (Wildman–Crippen LogP) is 1.24. The van der Waals surface area contributed by atoms with Crippen LogP contribution in [-0.2, 0) is 0 Å². The molecule has 0 aliphatic carbocycles. The molecule has 0 bridgehead atoms. The normalized spacial score (nSPS) is 6.88. The quantitative estimate of drug-likeness (QED) is 0.468. The Bertz CT molecular complexity index is 175. The van der Waals surface area contributed by atoms with Crippen LogP contribution in [0.5, 0.6) is 0 Å². The van der Waals surface area contributed by atoms with Gasteiger partial charge in [-0.2, -0.15) is 5.26 Å². The van der Waals surface area contributed by atoms with Crippen molar-refractivity contribution in [2.24, 2.45) is 0 Å². The Morgan fingerprint density at radius 1 is 1.62 bits per heavy atom. The van der Waals surface area contributed by atoms with Gasteiger partial charge in [0.1, 0.15) is 10.9 Å². The summed E-state index contributed by atoms with van der Waals surface area (Å²) >= 11 is 1.46. The minimum absolute atomic E-state index is 0. The molecule has 0 unspecified atom stereocenters. The van der Waals surface area contributed by atoms with Crippen LogP contribution in [-0.4, -0.2) is 18.9 Å². The van der Waals surface area contributed by atoms with Crippen molar-refractivity contribution in [1.29, 1.82) is 5.26 Å². The van der Waals surface area contributed by atoms with E-state index < -0.39 is 0 Å². The second-order valence-electron chi connectivity index (χ2n) is 1.09. The Labute approximate surface area is 64.1 Å². The molecule has 0 saturated carbocycles. The summed E-state index contributed by atoms with van der Waals surface area (Å²) in [7, 11) is 0. The van der Waals surface area contributed by atoms with Gasteiger partial charge in [-0.15, -0.1) is 11.3 Å². The van der Waals surface area contributed by atoms with Crippen molar-refractivity contribution in [3.63, 3.8) is 0 Å². The first-order valence-corrected chi connectivity index (χ1v) is 2.75. The average Bonchev–Trinajstić information content (AvgIpc) is 2.14. The fourth-order valence-corrected chi connectivity index (χ4v) is 0.856. The van der Waals surface area contributed by atoms with E-state index in [1.165, 1.54) is 11.3 Å². The summed E-state index contributed by atoms with van der Waals surface area (Å²) in [5, 5.41) is 10.1. The number of rotatable bonds is 0. The van der Waals surface area contributed by atoms with Gasteiger partial charge in [-0.1, -0.05) is 6.07 Å². The maximum absolute atomic E-state index is 8.19. The summed E-state index contributed by atoms with van der Waals surface area (Å²) in [6.07, 6.45) is 0. The van der Waals surface area contributed by atoms with Gasteiger partial charge in [0.25, 0.3) is 0 Å². The van der Waals surface area contributed by atoms with Crippen molar-refractivity contribution in [2.75, 3.05) is 0 Å². The minimum atomic E-state index is 0. The van der Waals surface area contributed by atoms with Crippen LogP contribution in [0.1, 0.15) is 4.88 Å². The Hall–Kier alpha value is -0.213. The third-order valence-corrected chi connectivity index (χ3v) is 1.41. The van der Waals surface area contributed by atoms with E-state index in [0.717, 1.165) is 4.88 Å². The molecule has 1 heterocycles. The van der Waals surface area contributed by atoms with Crippen LogP contribution < -0.4 is 0 Å². The van der Waals surface area contributed by atoms with Crippen molar-refractivity contribution in [2.45, 2.75) is 0 Å². The molecule has 1 nitrogen and oxygen atoms in total. The van der Waals surface area contributed by atoms with Crippen molar-refractivity contribution in [3.05, 3.63) is 22.4 Å². The summed E-state index contributed by atoms with van der Waals surface area (Å²) in [4.78, 5) is 0.778. The van der Waals surface area contributed by atoms with Gasteiger partial charge < -0.3 is 0 Å². The zero-order valence-electron chi connectivity index (χ0n) is 4.59. The first-order valence-electron chi connectivity index (χ1n) is 1.87. The molecule has 0 amide bonds. The summed E-state index contributed by atoms with van der Waals surface area (Å²) < 4.78 is 0. The molecule has 0 aromatic carbocycles. The molecule has 0 aliphatic rings. The van der Waals surface area contributed by atoms with E-state index in [9.17, 15) is 0 Å². The van der Waals surface area contributed by atoms with E-state index in [4.69, 9.17) is 5.26 Å². The second kappa shape index (κ2) is 3.75. The molecule has 0 fully saturated rings. The fourth-order valence-electron chi connectivity index (χ4n) is 0.342. The second-order valence-corrected chi connectivity index (χ2v) is 2.04. The van der Waals surface area contributed by atoms with Crippen LogP contribution >= 0.6 is 11.3 Å². The number of thiophene rings is 1. The van der Waals surface area contributed by atoms with Crippen molar-refractivity contribution >= 4 is 30.2 Å². The Balaban J connectivity index is 0.000000490. The number of nitriles is 1. The molecule has 1 radical (unpaired) electrons.